The van der Waals surface area contributed by atoms with Crippen molar-refractivity contribution in [2.45, 2.75) is 20.0 Å². The number of halogens is 1. The Balaban J connectivity index is 2.55. The fourth-order valence-corrected chi connectivity index (χ4v) is 2.41. The second-order valence-corrected chi connectivity index (χ2v) is 5.50. The maximum atomic E-state index is 12.3. The minimum Gasteiger partial charge on any atom is -0.493 e. The summed E-state index contributed by atoms with van der Waals surface area (Å²) in [6, 6.07) is 6.69. The van der Waals surface area contributed by atoms with Gasteiger partial charge in [-0.1, -0.05) is 37.6 Å². The molecular weight excluding hydrogens is 292 g/mol. The standard InChI is InChI=1S/C15H17ClN2O3/c1-8(2)12(21-3)13-17-14(19)11(15(20)18-13)9-5-4-6-10(16)7-9/h4-8,12H,1-3H3,(H2,17,18,19,20). The van der Waals surface area contributed by atoms with Crippen molar-refractivity contribution >= 4 is 11.6 Å². The SMILES string of the molecule is COC(c1nc(O)c(-c2cccc(Cl)c2)c(=O)[nH]1)C(C)C. The number of nitrogens with one attached hydrogen (secondary N) is 1. The second-order valence-electron chi connectivity index (χ2n) is 5.06. The number of methoxy groups -OCH3 is 1. The van der Waals surface area contributed by atoms with Crippen molar-refractivity contribution in [3.8, 4) is 17.0 Å². The van der Waals surface area contributed by atoms with Gasteiger partial charge in [0, 0.05) is 12.1 Å². The lowest BCUT2D eigenvalue weighted by Gasteiger charge is -2.18. The third kappa shape index (κ3) is 3.25. The van der Waals surface area contributed by atoms with Gasteiger partial charge in [0.05, 0.1) is 0 Å². The highest BCUT2D eigenvalue weighted by molar-refractivity contribution is 6.30. The number of rotatable bonds is 4. The lowest BCUT2D eigenvalue weighted by Crippen LogP contribution is -2.20. The first-order valence-electron chi connectivity index (χ1n) is 6.56. The Labute approximate surface area is 127 Å². The van der Waals surface area contributed by atoms with E-state index in [1.165, 1.54) is 7.11 Å². The van der Waals surface area contributed by atoms with Crippen molar-refractivity contribution in [1.29, 1.82) is 0 Å². The van der Waals surface area contributed by atoms with Crippen LogP contribution in [0.2, 0.25) is 5.02 Å². The van der Waals surface area contributed by atoms with Gasteiger partial charge in [0.15, 0.2) is 0 Å². The molecule has 0 amide bonds. The normalized spacial score (nSPS) is 12.6. The van der Waals surface area contributed by atoms with E-state index in [1.54, 1.807) is 24.3 Å². The third-order valence-electron chi connectivity index (χ3n) is 3.16. The number of ether oxygens (including phenoxy) is 1. The maximum Gasteiger partial charge on any atom is 0.262 e. The maximum absolute atomic E-state index is 12.3. The lowest BCUT2D eigenvalue weighted by atomic mass is 10.1. The summed E-state index contributed by atoms with van der Waals surface area (Å²) in [5.74, 6) is 0.0778. The van der Waals surface area contributed by atoms with Gasteiger partial charge in [0.2, 0.25) is 5.88 Å². The number of H-pyrrole nitrogens is 1. The van der Waals surface area contributed by atoms with Crippen LogP contribution in [0.5, 0.6) is 5.88 Å². The van der Waals surface area contributed by atoms with Gasteiger partial charge >= 0.3 is 0 Å². The molecule has 0 saturated heterocycles. The molecule has 21 heavy (non-hydrogen) atoms. The average Bonchev–Trinajstić information content (AvgIpc) is 2.38. The van der Waals surface area contributed by atoms with Crippen LogP contribution in [-0.4, -0.2) is 22.2 Å². The van der Waals surface area contributed by atoms with Gasteiger partial charge in [-0.3, -0.25) is 4.79 Å². The van der Waals surface area contributed by atoms with Crippen molar-refractivity contribution in [2.75, 3.05) is 7.11 Å². The molecule has 112 valence electrons. The quantitative estimate of drug-likeness (QED) is 0.910. The average molecular weight is 309 g/mol. The number of hydrogen-bond donors (Lipinski definition) is 2. The number of aromatic nitrogens is 2. The smallest absolute Gasteiger partial charge is 0.262 e. The van der Waals surface area contributed by atoms with Crippen molar-refractivity contribution in [2.24, 2.45) is 5.92 Å². The van der Waals surface area contributed by atoms with Crippen molar-refractivity contribution in [3.05, 3.63) is 45.5 Å². The monoisotopic (exact) mass is 308 g/mol. The fourth-order valence-electron chi connectivity index (χ4n) is 2.22. The van der Waals surface area contributed by atoms with Crippen LogP contribution in [0.15, 0.2) is 29.1 Å². The summed E-state index contributed by atoms with van der Waals surface area (Å²) < 4.78 is 5.31. The minimum atomic E-state index is -0.428. The predicted octanol–water partition coefficient (Wildman–Crippen LogP) is 3.14. The van der Waals surface area contributed by atoms with Crippen LogP contribution in [-0.2, 0) is 4.74 Å². The predicted molar refractivity (Wildman–Crippen MR) is 81.6 cm³/mol. The molecule has 2 aromatic rings. The van der Waals surface area contributed by atoms with Crippen molar-refractivity contribution in [1.82, 2.24) is 9.97 Å². The fraction of sp³-hybridized carbons (Fsp3) is 0.333. The largest absolute Gasteiger partial charge is 0.493 e. The highest BCUT2D eigenvalue weighted by Gasteiger charge is 2.21. The Morgan fingerprint density at radius 1 is 1.38 bits per heavy atom. The molecule has 0 fully saturated rings. The van der Waals surface area contributed by atoms with Gasteiger partial charge in [-0.2, -0.15) is 4.98 Å². The van der Waals surface area contributed by atoms with Gasteiger partial charge in [0.1, 0.15) is 17.5 Å². The zero-order valence-electron chi connectivity index (χ0n) is 12.1. The molecule has 1 atom stereocenters. The Morgan fingerprint density at radius 3 is 2.62 bits per heavy atom. The summed E-state index contributed by atoms with van der Waals surface area (Å²) in [5.41, 5.74) is 0.182. The summed E-state index contributed by atoms with van der Waals surface area (Å²) in [6.07, 6.45) is -0.392. The third-order valence-corrected chi connectivity index (χ3v) is 3.40. The molecule has 0 radical (unpaired) electrons. The zero-order valence-corrected chi connectivity index (χ0v) is 12.8. The Morgan fingerprint density at radius 2 is 2.10 bits per heavy atom. The van der Waals surface area contributed by atoms with Crippen molar-refractivity contribution in [3.63, 3.8) is 0 Å². The van der Waals surface area contributed by atoms with Crippen molar-refractivity contribution < 1.29 is 9.84 Å². The Kier molecular flexibility index (Phi) is 4.65. The molecule has 0 spiro atoms. The van der Waals surface area contributed by atoms with Gasteiger partial charge in [-0.25, -0.2) is 0 Å². The highest BCUT2D eigenvalue weighted by Crippen LogP contribution is 2.28. The lowest BCUT2D eigenvalue weighted by molar-refractivity contribution is 0.0568. The molecule has 0 aliphatic heterocycles. The zero-order chi connectivity index (χ0) is 15.6. The van der Waals surface area contributed by atoms with E-state index >= 15 is 0 Å². The molecule has 5 nitrogen and oxygen atoms in total. The van der Waals surface area contributed by atoms with E-state index < -0.39 is 11.7 Å². The second kappa shape index (κ2) is 6.28. The van der Waals surface area contributed by atoms with Crippen LogP contribution in [0.3, 0.4) is 0 Å². The van der Waals surface area contributed by atoms with E-state index in [9.17, 15) is 9.90 Å². The van der Waals surface area contributed by atoms with Gasteiger partial charge < -0.3 is 14.8 Å². The van der Waals surface area contributed by atoms with E-state index in [2.05, 4.69) is 9.97 Å². The summed E-state index contributed by atoms with van der Waals surface area (Å²) in [5, 5.41) is 10.6. The molecule has 0 aliphatic rings. The van der Waals surface area contributed by atoms with Crippen LogP contribution in [0, 0.1) is 5.92 Å². The van der Waals surface area contributed by atoms with Gasteiger partial charge in [0.25, 0.3) is 5.56 Å². The van der Waals surface area contributed by atoms with E-state index in [0.717, 1.165) is 0 Å². The molecule has 1 unspecified atom stereocenters. The molecule has 0 saturated carbocycles. The first-order chi connectivity index (χ1) is 9.93. The van der Waals surface area contributed by atoms with Crippen LogP contribution in [0.1, 0.15) is 25.8 Å². The molecule has 1 aromatic heterocycles. The highest BCUT2D eigenvalue weighted by atomic mass is 35.5. The Bertz CT molecular complexity index is 698. The Hall–Kier alpha value is -1.85. The van der Waals surface area contributed by atoms with Crippen LogP contribution < -0.4 is 5.56 Å². The number of aromatic hydroxyl groups is 1. The molecular formula is C15H17ClN2O3. The molecule has 1 aromatic carbocycles. The molecule has 0 aliphatic carbocycles. The van der Waals surface area contributed by atoms with Gasteiger partial charge in [-0.05, 0) is 23.6 Å². The molecule has 2 N–H and O–H groups in total. The summed E-state index contributed by atoms with van der Waals surface area (Å²) in [7, 11) is 1.53. The topological polar surface area (TPSA) is 75.2 Å². The first kappa shape index (κ1) is 15.5. The van der Waals surface area contributed by atoms with E-state index in [1.807, 2.05) is 13.8 Å². The van der Waals surface area contributed by atoms with Gasteiger partial charge in [-0.15, -0.1) is 0 Å². The number of benzene rings is 1. The summed E-state index contributed by atoms with van der Waals surface area (Å²) in [6.45, 7) is 3.88. The molecule has 2 rings (SSSR count). The molecule has 0 bridgehead atoms. The number of hydrogen-bond acceptors (Lipinski definition) is 4. The first-order valence-corrected chi connectivity index (χ1v) is 6.93. The minimum absolute atomic E-state index is 0.0971. The van der Waals surface area contributed by atoms with E-state index in [0.29, 0.717) is 16.4 Å². The van der Waals surface area contributed by atoms with Crippen LogP contribution in [0.25, 0.3) is 11.1 Å². The van der Waals surface area contributed by atoms with Crippen LogP contribution >= 0.6 is 11.6 Å². The number of nitrogens with zero attached hydrogens (tertiary/aromatic N) is 1. The van der Waals surface area contributed by atoms with E-state index in [-0.39, 0.29) is 17.4 Å². The number of aromatic amines is 1. The van der Waals surface area contributed by atoms with Crippen LogP contribution in [0.4, 0.5) is 0 Å². The molecule has 1 heterocycles. The van der Waals surface area contributed by atoms with E-state index in [4.69, 9.17) is 16.3 Å². The molecule has 6 heteroatoms. The summed E-state index contributed by atoms with van der Waals surface area (Å²) in [4.78, 5) is 19.0. The summed E-state index contributed by atoms with van der Waals surface area (Å²) >= 11 is 5.91.